The second kappa shape index (κ2) is 18.1. The molecule has 1 spiro atoms. The number of aliphatic hydroxyl groups is 5. The average Bonchev–Trinajstić information content (AvgIpc) is 3.67. The Morgan fingerprint density at radius 3 is 2.26 bits per heavy atom. The zero-order chi connectivity index (χ0) is 43.8. The smallest absolute Gasteiger partial charge is 0.264 e. The monoisotopic (exact) mass is 917 g/mol. The van der Waals surface area contributed by atoms with Crippen molar-refractivity contribution >= 4 is 58.3 Å². The van der Waals surface area contributed by atoms with Gasteiger partial charge in [-0.15, -0.1) is 0 Å². The third kappa shape index (κ3) is 8.53. The van der Waals surface area contributed by atoms with Crippen LogP contribution in [0.1, 0.15) is 30.0 Å². The first kappa shape index (κ1) is 44.6. The fourth-order valence-electron chi connectivity index (χ4n) is 9.33. The maximum Gasteiger partial charge on any atom is 0.264 e. The van der Waals surface area contributed by atoms with E-state index in [-0.39, 0.29) is 49.4 Å². The van der Waals surface area contributed by atoms with E-state index in [4.69, 9.17) is 14.2 Å². The summed E-state index contributed by atoms with van der Waals surface area (Å²) >= 11 is 3.65. The number of hydrogen-bond acceptors (Lipinski definition) is 11. The summed E-state index contributed by atoms with van der Waals surface area (Å²) in [5.74, 6) is -0.939. The van der Waals surface area contributed by atoms with Gasteiger partial charge in [-0.25, -0.2) is 0 Å². The second-order valence-corrected chi connectivity index (χ2v) is 22.1. The van der Waals surface area contributed by atoms with Gasteiger partial charge in [0.05, 0.1) is 46.5 Å². The molecule has 14 nitrogen and oxygen atoms in total. The van der Waals surface area contributed by atoms with Crippen molar-refractivity contribution in [2.24, 2.45) is 5.92 Å². The highest BCUT2D eigenvalue weighted by molar-refractivity contribution is 9.10. The molecule has 3 heterocycles. The maximum absolute atomic E-state index is 15.3. The van der Waals surface area contributed by atoms with E-state index in [1.165, 1.54) is 0 Å². The van der Waals surface area contributed by atoms with Gasteiger partial charge in [-0.1, -0.05) is 95.7 Å². The van der Waals surface area contributed by atoms with Gasteiger partial charge in [0.25, 0.3) is 11.8 Å². The molecule has 0 aromatic heterocycles. The van der Waals surface area contributed by atoms with Crippen molar-refractivity contribution in [2.45, 2.75) is 87.5 Å². The van der Waals surface area contributed by atoms with Gasteiger partial charge in [0.2, 0.25) is 5.91 Å². The van der Waals surface area contributed by atoms with E-state index in [2.05, 4.69) is 53.4 Å². The molecule has 0 unspecified atom stereocenters. The van der Waals surface area contributed by atoms with E-state index in [1.807, 2.05) is 60.7 Å². The molecule has 3 amide bonds. The Balaban J connectivity index is 1.19. The van der Waals surface area contributed by atoms with Gasteiger partial charge >= 0.3 is 0 Å². The highest BCUT2D eigenvalue weighted by atomic mass is 79.9. The van der Waals surface area contributed by atoms with E-state index in [0.717, 1.165) is 26.5 Å². The van der Waals surface area contributed by atoms with Crippen molar-refractivity contribution in [3.63, 3.8) is 0 Å². The van der Waals surface area contributed by atoms with Crippen LogP contribution in [0.4, 0.5) is 11.4 Å². The van der Waals surface area contributed by atoms with Crippen molar-refractivity contribution in [1.29, 1.82) is 0 Å². The number of hydrogen-bond donors (Lipinski definition) is 6. The van der Waals surface area contributed by atoms with Gasteiger partial charge in [-0.3, -0.25) is 14.4 Å². The number of nitrogens with zero attached hydrogens (tertiary/aromatic N) is 2. The van der Waals surface area contributed by atoms with Crippen LogP contribution in [0.15, 0.2) is 102 Å². The first-order valence-electron chi connectivity index (χ1n) is 20.2. The van der Waals surface area contributed by atoms with Crippen molar-refractivity contribution in [2.75, 3.05) is 30.5 Å². The Morgan fingerprint density at radius 1 is 0.918 bits per heavy atom. The minimum Gasteiger partial charge on any atom is -0.497 e. The van der Waals surface area contributed by atoms with Crippen molar-refractivity contribution in [1.82, 2.24) is 4.90 Å². The second-order valence-electron chi connectivity index (χ2n) is 16.5. The zero-order valence-electron chi connectivity index (χ0n) is 34.3. The van der Waals surface area contributed by atoms with E-state index in [0.29, 0.717) is 23.5 Å². The maximum atomic E-state index is 15.3. The lowest BCUT2D eigenvalue weighted by molar-refractivity contribution is -0.274. The molecule has 2 fully saturated rings. The Bertz CT molecular complexity index is 2220. The van der Waals surface area contributed by atoms with Crippen LogP contribution in [-0.4, -0.2) is 113 Å². The van der Waals surface area contributed by atoms with Crippen LogP contribution in [0, 0.1) is 5.92 Å². The lowest BCUT2D eigenvalue weighted by Crippen LogP contribution is -2.60. The zero-order valence-corrected chi connectivity index (χ0v) is 36.9. The molecule has 4 aromatic carbocycles. The van der Waals surface area contributed by atoms with Crippen LogP contribution >= 0.6 is 15.9 Å². The lowest BCUT2D eigenvalue weighted by atomic mass is 9.82. The summed E-state index contributed by atoms with van der Waals surface area (Å²) in [6.45, 7) is 6.95. The quantitative estimate of drug-likeness (QED) is 0.108. The van der Waals surface area contributed by atoms with Gasteiger partial charge in [-0.05, 0) is 59.1 Å². The Labute approximate surface area is 363 Å². The van der Waals surface area contributed by atoms with Crippen molar-refractivity contribution in [3.05, 3.63) is 118 Å². The largest absolute Gasteiger partial charge is 0.497 e. The Morgan fingerprint density at radius 2 is 1.61 bits per heavy atom. The first-order chi connectivity index (χ1) is 29.1. The van der Waals surface area contributed by atoms with Gasteiger partial charge < -0.3 is 54.9 Å². The standard InChI is InChI=1S/C45H52BrN3O11Si/c1-26-41(61(3,4)32-17-15-31(58-2)16-18-32)35(23-36(51)48(20-21-50)24-27-8-6-5-7-9-27)60-45(26)33-22-29(46)12-19-34(33)49(44(45)57)25-28-10-13-30(14-11-28)47-42(55)40-38(53)37(52)39(54)43(56)59-40/h5-19,22,26,35,37-41,43,50,52-54,56H,20-21,23-25H2,1-4H3,(H,47,55)/t26-,35+,37-,38-,39+,40-,41-,43+,45+/m0/s1. The van der Waals surface area contributed by atoms with Crippen molar-refractivity contribution in [3.8, 4) is 5.75 Å². The van der Waals surface area contributed by atoms with Crippen LogP contribution in [0.2, 0.25) is 18.6 Å². The number of amides is 3. The predicted molar refractivity (Wildman–Crippen MR) is 232 cm³/mol. The number of carbonyl (C=O) groups is 3. The average molecular weight is 919 g/mol. The molecule has 7 rings (SSSR count). The minimum atomic E-state index is -2.59. The number of ether oxygens (including phenoxy) is 3. The highest BCUT2D eigenvalue weighted by Gasteiger charge is 2.66. The normalized spacial score (nSPS) is 27.2. The van der Waals surface area contributed by atoms with Crippen LogP contribution < -0.4 is 20.1 Å². The molecule has 2 saturated heterocycles. The first-order valence-corrected chi connectivity index (χ1v) is 24.1. The van der Waals surface area contributed by atoms with Crippen LogP contribution in [-0.2, 0) is 42.5 Å². The number of anilines is 2. The molecule has 6 N–H and O–H groups in total. The third-order valence-corrected chi connectivity index (χ3v) is 17.4. The molecule has 61 heavy (non-hydrogen) atoms. The summed E-state index contributed by atoms with van der Waals surface area (Å²) in [7, 11) is -0.967. The summed E-state index contributed by atoms with van der Waals surface area (Å²) in [5.41, 5.74) is 1.68. The SMILES string of the molecule is COc1ccc([Si](C)(C)[C@@H]2[C@@H](CC(=O)N(CCO)Cc3ccccc3)O[C@]3(C(=O)N(Cc4ccc(NC(=O)[C@H]5O[C@@H](O)[C@H](O)[C@@H](O)[C@@H]5O)cc4)c4ccc(Br)cc43)[C@H]2C)cc1. The fraction of sp³-hybridized carbons (Fsp3) is 0.400. The summed E-state index contributed by atoms with van der Waals surface area (Å²) in [6, 6.07) is 30.0. The molecule has 3 aliphatic rings. The molecule has 16 heteroatoms. The molecular formula is C45H52BrN3O11Si. The summed E-state index contributed by atoms with van der Waals surface area (Å²) in [4.78, 5) is 46.0. The van der Waals surface area contributed by atoms with Gasteiger partial charge in [0.1, 0.15) is 24.1 Å². The highest BCUT2D eigenvalue weighted by Crippen LogP contribution is 2.60. The number of methoxy groups -OCH3 is 1. The Hall–Kier alpha value is -4.49. The van der Waals surface area contributed by atoms with Crippen LogP contribution in [0.3, 0.4) is 0 Å². The molecule has 0 aliphatic carbocycles. The van der Waals surface area contributed by atoms with Crippen molar-refractivity contribution < 1.29 is 54.1 Å². The van der Waals surface area contributed by atoms with Gasteiger partial charge in [-0.2, -0.15) is 0 Å². The van der Waals surface area contributed by atoms with Gasteiger partial charge in [0, 0.05) is 34.7 Å². The molecule has 324 valence electrons. The summed E-state index contributed by atoms with van der Waals surface area (Å²) in [5, 5.41) is 53.8. The van der Waals surface area contributed by atoms with Crippen LogP contribution in [0.5, 0.6) is 5.75 Å². The predicted octanol–water partition coefficient (Wildman–Crippen LogP) is 3.37. The number of aliphatic hydroxyl groups excluding tert-OH is 5. The summed E-state index contributed by atoms with van der Waals surface area (Å²) in [6.07, 6.45) is -9.50. The van der Waals surface area contributed by atoms with E-state index in [1.54, 1.807) is 41.2 Å². The fourth-order valence-corrected chi connectivity index (χ4v) is 13.7. The molecule has 3 aliphatic heterocycles. The lowest BCUT2D eigenvalue weighted by Gasteiger charge is -2.37. The van der Waals surface area contributed by atoms with Crippen LogP contribution in [0.25, 0.3) is 0 Å². The molecule has 9 atom stereocenters. The molecule has 0 radical (unpaired) electrons. The number of halogens is 1. The number of rotatable bonds is 13. The topological polar surface area (TPSA) is 199 Å². The third-order valence-electron chi connectivity index (χ3n) is 12.5. The molecular weight excluding hydrogens is 866 g/mol. The van der Waals surface area contributed by atoms with E-state index >= 15 is 4.79 Å². The number of nitrogens with one attached hydrogen (secondary N) is 1. The number of fused-ring (bicyclic) bond motifs is 2. The van der Waals surface area contributed by atoms with E-state index < -0.39 is 56.4 Å². The van der Waals surface area contributed by atoms with E-state index in [9.17, 15) is 35.1 Å². The minimum absolute atomic E-state index is 0.00139. The molecule has 0 saturated carbocycles. The Kier molecular flexibility index (Phi) is 13.2. The van der Waals surface area contributed by atoms with Gasteiger partial charge in [0.15, 0.2) is 18.0 Å². The molecule has 4 aromatic rings. The number of benzene rings is 4. The number of carbonyl (C=O) groups excluding carboxylic acids is 3. The summed E-state index contributed by atoms with van der Waals surface area (Å²) < 4.78 is 18.5. The molecule has 0 bridgehead atoms.